The third-order valence-corrected chi connectivity index (χ3v) is 1.77. The Kier molecular flexibility index (Phi) is 4.14. The Bertz CT molecular complexity index is 142. The highest BCUT2D eigenvalue weighted by Gasteiger charge is 2.06. The van der Waals surface area contributed by atoms with Crippen molar-refractivity contribution in [1.82, 2.24) is 0 Å². The molecule has 0 rings (SSSR count). The first-order valence-corrected chi connectivity index (χ1v) is 4.48. The SMILES string of the molecule is C=C(CC[S+](C)[O-])C(=O)O. The maximum Gasteiger partial charge on any atom is 0.331 e. The average molecular weight is 162 g/mol. The van der Waals surface area contributed by atoms with E-state index in [1.807, 2.05) is 0 Å². The summed E-state index contributed by atoms with van der Waals surface area (Å²) in [5, 5.41) is 8.30. The number of rotatable bonds is 4. The quantitative estimate of drug-likeness (QED) is 0.480. The molecule has 4 heteroatoms. The number of carbonyl (C=O) groups is 1. The van der Waals surface area contributed by atoms with Gasteiger partial charge < -0.3 is 9.66 Å². The lowest BCUT2D eigenvalue weighted by atomic mass is 10.2. The third kappa shape index (κ3) is 4.40. The fourth-order valence-electron chi connectivity index (χ4n) is 0.374. The molecule has 1 atom stereocenters. The first-order valence-electron chi connectivity index (χ1n) is 2.75. The number of aliphatic carboxylic acids is 1. The average Bonchev–Trinajstić information content (AvgIpc) is 1.82. The first-order chi connectivity index (χ1) is 4.54. The lowest BCUT2D eigenvalue weighted by Crippen LogP contribution is -2.07. The molecular formula is C6H10O3S. The van der Waals surface area contributed by atoms with E-state index in [0.717, 1.165) is 0 Å². The molecule has 0 aliphatic heterocycles. The third-order valence-electron chi connectivity index (χ3n) is 0.994. The highest BCUT2D eigenvalue weighted by atomic mass is 32.2. The second kappa shape index (κ2) is 4.35. The summed E-state index contributed by atoms with van der Waals surface area (Å²) >= 11 is -0.927. The zero-order chi connectivity index (χ0) is 8.15. The predicted molar refractivity (Wildman–Crippen MR) is 40.3 cm³/mol. The number of carboxylic acids is 1. The van der Waals surface area contributed by atoms with E-state index in [2.05, 4.69) is 6.58 Å². The van der Waals surface area contributed by atoms with Gasteiger partial charge in [0, 0.05) is 12.0 Å². The second-order valence-electron chi connectivity index (χ2n) is 1.94. The molecule has 0 saturated carbocycles. The molecule has 0 fully saturated rings. The minimum absolute atomic E-state index is 0.121. The lowest BCUT2D eigenvalue weighted by Gasteiger charge is -2.03. The van der Waals surface area contributed by atoms with Gasteiger partial charge in [0.15, 0.2) is 0 Å². The Hall–Kier alpha value is -0.480. The van der Waals surface area contributed by atoms with Crippen LogP contribution in [0.25, 0.3) is 0 Å². The molecule has 0 heterocycles. The molecular weight excluding hydrogens is 152 g/mol. The minimum Gasteiger partial charge on any atom is -0.617 e. The highest BCUT2D eigenvalue weighted by Crippen LogP contribution is 1.99. The summed E-state index contributed by atoms with van der Waals surface area (Å²) in [6, 6.07) is 0. The van der Waals surface area contributed by atoms with E-state index in [4.69, 9.17) is 5.11 Å². The largest absolute Gasteiger partial charge is 0.617 e. The number of hydrogen-bond donors (Lipinski definition) is 1. The van der Waals surface area contributed by atoms with Crippen LogP contribution in [0.5, 0.6) is 0 Å². The Labute approximate surface area is 62.9 Å². The van der Waals surface area contributed by atoms with Crippen LogP contribution in [0, 0.1) is 0 Å². The molecule has 0 saturated heterocycles. The smallest absolute Gasteiger partial charge is 0.331 e. The van der Waals surface area contributed by atoms with Crippen LogP contribution in [0.1, 0.15) is 6.42 Å². The Morgan fingerprint density at radius 1 is 1.80 bits per heavy atom. The van der Waals surface area contributed by atoms with Crippen molar-refractivity contribution in [3.63, 3.8) is 0 Å². The molecule has 58 valence electrons. The summed E-state index contributed by atoms with van der Waals surface area (Å²) in [5.74, 6) is -0.629. The Morgan fingerprint density at radius 3 is 2.60 bits per heavy atom. The summed E-state index contributed by atoms with van der Waals surface area (Å²) in [7, 11) is 0. The summed E-state index contributed by atoms with van der Waals surface area (Å²) in [6.07, 6.45) is 1.84. The van der Waals surface area contributed by atoms with Gasteiger partial charge in [-0.2, -0.15) is 0 Å². The van der Waals surface area contributed by atoms with Gasteiger partial charge in [-0.3, -0.25) is 0 Å². The molecule has 0 aromatic heterocycles. The molecule has 0 spiro atoms. The summed E-state index contributed by atoms with van der Waals surface area (Å²) < 4.78 is 10.4. The van der Waals surface area contributed by atoms with E-state index >= 15 is 0 Å². The minimum atomic E-state index is -1.01. The van der Waals surface area contributed by atoms with Crippen LogP contribution in [0.4, 0.5) is 0 Å². The summed E-state index contributed by atoms with van der Waals surface area (Å²) in [6.45, 7) is 3.29. The van der Waals surface area contributed by atoms with Crippen molar-refractivity contribution in [3.05, 3.63) is 12.2 Å². The van der Waals surface area contributed by atoms with Gasteiger partial charge >= 0.3 is 5.97 Å². The fraction of sp³-hybridized carbons (Fsp3) is 0.500. The Balaban J connectivity index is 3.50. The first kappa shape index (κ1) is 9.52. The normalized spacial score (nSPS) is 12.6. The van der Waals surface area contributed by atoms with E-state index in [0.29, 0.717) is 12.2 Å². The van der Waals surface area contributed by atoms with Crippen molar-refractivity contribution in [2.45, 2.75) is 6.42 Å². The van der Waals surface area contributed by atoms with Crippen LogP contribution >= 0.6 is 0 Å². The van der Waals surface area contributed by atoms with Crippen molar-refractivity contribution in [3.8, 4) is 0 Å². The summed E-state index contributed by atoms with van der Waals surface area (Å²) in [5.41, 5.74) is 0.121. The second-order valence-corrected chi connectivity index (χ2v) is 3.49. The zero-order valence-electron chi connectivity index (χ0n) is 5.79. The van der Waals surface area contributed by atoms with E-state index in [1.165, 1.54) is 6.26 Å². The van der Waals surface area contributed by atoms with Gasteiger partial charge in [0.25, 0.3) is 0 Å². The van der Waals surface area contributed by atoms with Crippen LogP contribution in [0.15, 0.2) is 12.2 Å². The molecule has 0 aromatic rings. The lowest BCUT2D eigenvalue weighted by molar-refractivity contribution is -0.132. The van der Waals surface area contributed by atoms with Crippen LogP contribution in [-0.4, -0.2) is 27.6 Å². The maximum absolute atomic E-state index is 10.4. The van der Waals surface area contributed by atoms with E-state index in [-0.39, 0.29) is 5.57 Å². The Morgan fingerprint density at radius 2 is 2.30 bits per heavy atom. The maximum atomic E-state index is 10.4. The predicted octanol–water partition coefficient (Wildman–Crippen LogP) is 0.396. The van der Waals surface area contributed by atoms with Gasteiger partial charge in [0.1, 0.15) is 5.75 Å². The van der Waals surface area contributed by atoms with Crippen LogP contribution in [0.3, 0.4) is 0 Å². The van der Waals surface area contributed by atoms with Gasteiger partial charge in [-0.25, -0.2) is 4.79 Å². The molecule has 3 nitrogen and oxygen atoms in total. The molecule has 1 N–H and O–H groups in total. The molecule has 0 aliphatic carbocycles. The van der Waals surface area contributed by atoms with Crippen molar-refractivity contribution < 1.29 is 14.5 Å². The summed E-state index contributed by atoms with van der Waals surface area (Å²) in [4.78, 5) is 10.1. The molecule has 0 aromatic carbocycles. The zero-order valence-corrected chi connectivity index (χ0v) is 6.61. The number of hydrogen-bond acceptors (Lipinski definition) is 2. The molecule has 0 radical (unpaired) electrons. The van der Waals surface area contributed by atoms with Gasteiger partial charge in [-0.1, -0.05) is 17.8 Å². The van der Waals surface area contributed by atoms with Crippen LogP contribution in [0.2, 0.25) is 0 Å². The van der Waals surface area contributed by atoms with Crippen LogP contribution < -0.4 is 0 Å². The van der Waals surface area contributed by atoms with E-state index < -0.39 is 17.1 Å². The topological polar surface area (TPSA) is 60.4 Å². The van der Waals surface area contributed by atoms with Gasteiger partial charge in [-0.05, 0) is 0 Å². The van der Waals surface area contributed by atoms with Crippen molar-refractivity contribution >= 4 is 17.1 Å². The highest BCUT2D eigenvalue weighted by molar-refractivity contribution is 7.90. The van der Waals surface area contributed by atoms with Crippen molar-refractivity contribution in [2.24, 2.45) is 0 Å². The van der Waals surface area contributed by atoms with Crippen molar-refractivity contribution in [2.75, 3.05) is 12.0 Å². The fourth-order valence-corrected chi connectivity index (χ4v) is 0.908. The standard InChI is InChI=1S/C6H10O3S/c1-5(6(7)8)3-4-10(2)9/h1,3-4H2,2H3,(H,7,8). The van der Waals surface area contributed by atoms with Crippen molar-refractivity contribution in [1.29, 1.82) is 0 Å². The molecule has 1 unspecified atom stereocenters. The molecule has 0 bridgehead atoms. The van der Waals surface area contributed by atoms with E-state index in [1.54, 1.807) is 0 Å². The monoisotopic (exact) mass is 162 g/mol. The van der Waals surface area contributed by atoms with Crippen LogP contribution in [-0.2, 0) is 16.0 Å². The van der Waals surface area contributed by atoms with Gasteiger partial charge in [0.05, 0.1) is 6.26 Å². The number of carboxylic acid groups (broad SMARTS) is 1. The molecule has 10 heavy (non-hydrogen) atoms. The molecule has 0 amide bonds. The molecule has 0 aliphatic rings. The van der Waals surface area contributed by atoms with Gasteiger partial charge in [0.2, 0.25) is 0 Å². The van der Waals surface area contributed by atoms with Gasteiger partial charge in [-0.15, -0.1) is 0 Å². The van der Waals surface area contributed by atoms with E-state index in [9.17, 15) is 9.35 Å².